The van der Waals surface area contributed by atoms with Gasteiger partial charge in [0, 0.05) is 5.92 Å². The van der Waals surface area contributed by atoms with Crippen molar-refractivity contribution in [3.63, 3.8) is 0 Å². The zero-order valence-corrected chi connectivity index (χ0v) is 7.67. The lowest BCUT2D eigenvalue weighted by Crippen LogP contribution is -2.37. The fourth-order valence-corrected chi connectivity index (χ4v) is 0.722. The van der Waals surface area contributed by atoms with Crippen LogP contribution in [0.15, 0.2) is 0 Å². The minimum absolute atomic E-state index is 0.658. The molecule has 4 heteroatoms. The summed E-state index contributed by atoms with van der Waals surface area (Å²) in [6, 6.07) is 0. The minimum atomic E-state index is -4.73. The standard InChI is InChI=1S/C8H14F4/c1-5(7(2,3)4)6(9)8(10,11)12/h5-6H,1-4H3. The third-order valence-corrected chi connectivity index (χ3v) is 2.12. The quantitative estimate of drug-likeness (QED) is 0.549. The SMILES string of the molecule is CC(C(F)C(F)(F)F)C(C)(C)C. The predicted molar refractivity (Wildman–Crippen MR) is 39.6 cm³/mol. The van der Waals surface area contributed by atoms with Crippen LogP contribution >= 0.6 is 0 Å². The van der Waals surface area contributed by atoms with Gasteiger partial charge in [0.05, 0.1) is 0 Å². The van der Waals surface area contributed by atoms with E-state index in [2.05, 4.69) is 0 Å². The van der Waals surface area contributed by atoms with Gasteiger partial charge in [0.2, 0.25) is 0 Å². The molecule has 2 unspecified atom stereocenters. The van der Waals surface area contributed by atoms with E-state index in [0.29, 0.717) is 0 Å². The first-order valence-corrected chi connectivity index (χ1v) is 3.77. The molecule has 12 heavy (non-hydrogen) atoms. The zero-order chi connectivity index (χ0) is 10.2. The molecule has 0 aromatic heterocycles. The molecule has 0 spiro atoms. The Morgan fingerprint density at radius 2 is 1.33 bits per heavy atom. The molecule has 0 radical (unpaired) electrons. The van der Waals surface area contributed by atoms with E-state index in [0.717, 1.165) is 0 Å². The second kappa shape index (κ2) is 3.23. The molecule has 0 fully saturated rings. The van der Waals surface area contributed by atoms with Gasteiger partial charge in [-0.15, -0.1) is 0 Å². The Morgan fingerprint density at radius 3 is 1.42 bits per heavy atom. The summed E-state index contributed by atoms with van der Waals surface area (Å²) >= 11 is 0. The topological polar surface area (TPSA) is 0 Å². The van der Waals surface area contributed by atoms with Crippen molar-refractivity contribution in [3.05, 3.63) is 0 Å². The van der Waals surface area contributed by atoms with E-state index < -0.39 is 23.7 Å². The Kier molecular flexibility index (Phi) is 3.15. The molecule has 0 nitrogen and oxygen atoms in total. The van der Waals surface area contributed by atoms with Crippen LogP contribution in [-0.2, 0) is 0 Å². The van der Waals surface area contributed by atoms with E-state index >= 15 is 0 Å². The Balaban J connectivity index is 4.41. The van der Waals surface area contributed by atoms with Crippen molar-refractivity contribution < 1.29 is 17.6 Å². The van der Waals surface area contributed by atoms with E-state index in [-0.39, 0.29) is 0 Å². The van der Waals surface area contributed by atoms with Crippen LogP contribution in [-0.4, -0.2) is 12.3 Å². The highest BCUT2D eigenvalue weighted by molar-refractivity contribution is 4.81. The van der Waals surface area contributed by atoms with E-state index in [1.54, 1.807) is 20.8 Å². The Hall–Kier alpha value is -0.280. The van der Waals surface area contributed by atoms with Crippen molar-refractivity contribution in [2.45, 2.75) is 40.0 Å². The van der Waals surface area contributed by atoms with Crippen molar-refractivity contribution in [1.82, 2.24) is 0 Å². The summed E-state index contributed by atoms with van der Waals surface area (Å²) in [5.41, 5.74) is -0.658. The molecule has 0 aliphatic rings. The van der Waals surface area contributed by atoms with Crippen LogP contribution in [0.1, 0.15) is 27.7 Å². The van der Waals surface area contributed by atoms with E-state index in [1.165, 1.54) is 6.92 Å². The summed E-state index contributed by atoms with van der Waals surface area (Å²) < 4.78 is 48.2. The molecule has 0 aromatic carbocycles. The molecule has 0 amide bonds. The maximum absolute atomic E-state index is 12.7. The highest BCUT2D eigenvalue weighted by atomic mass is 19.4. The van der Waals surface area contributed by atoms with Crippen molar-refractivity contribution in [3.8, 4) is 0 Å². The Bertz CT molecular complexity index is 124. The summed E-state index contributed by atoms with van der Waals surface area (Å²) in [7, 11) is 0. The summed E-state index contributed by atoms with van der Waals surface area (Å²) in [5, 5.41) is 0. The first-order chi connectivity index (χ1) is 5.07. The van der Waals surface area contributed by atoms with Crippen LogP contribution in [0, 0.1) is 11.3 Å². The molecule has 0 heterocycles. The lowest BCUT2D eigenvalue weighted by molar-refractivity contribution is -0.201. The molecular formula is C8H14F4. The fourth-order valence-electron chi connectivity index (χ4n) is 0.722. The maximum Gasteiger partial charge on any atom is 0.419 e. The van der Waals surface area contributed by atoms with Gasteiger partial charge in [-0.25, -0.2) is 4.39 Å². The van der Waals surface area contributed by atoms with Gasteiger partial charge < -0.3 is 0 Å². The van der Waals surface area contributed by atoms with Gasteiger partial charge in [-0.3, -0.25) is 0 Å². The zero-order valence-electron chi connectivity index (χ0n) is 7.67. The molecule has 0 saturated heterocycles. The van der Waals surface area contributed by atoms with E-state index in [9.17, 15) is 17.6 Å². The van der Waals surface area contributed by atoms with Crippen molar-refractivity contribution in [2.75, 3.05) is 0 Å². The molecule has 0 aliphatic heterocycles. The van der Waals surface area contributed by atoms with Gasteiger partial charge in [0.15, 0.2) is 6.17 Å². The smallest absolute Gasteiger partial charge is 0.237 e. The van der Waals surface area contributed by atoms with Crippen LogP contribution in [0.2, 0.25) is 0 Å². The van der Waals surface area contributed by atoms with Gasteiger partial charge in [0.25, 0.3) is 0 Å². The van der Waals surface area contributed by atoms with Crippen molar-refractivity contribution >= 4 is 0 Å². The molecule has 0 saturated carbocycles. The number of halogens is 4. The van der Waals surface area contributed by atoms with Crippen molar-refractivity contribution in [2.24, 2.45) is 11.3 Å². The van der Waals surface area contributed by atoms with Crippen LogP contribution in [0.5, 0.6) is 0 Å². The summed E-state index contributed by atoms with van der Waals surface area (Å²) in [6.07, 6.45) is -7.45. The molecule has 0 rings (SSSR count). The Morgan fingerprint density at radius 1 is 1.00 bits per heavy atom. The molecule has 0 bridgehead atoms. The third-order valence-electron chi connectivity index (χ3n) is 2.12. The molecule has 0 N–H and O–H groups in total. The number of alkyl halides is 4. The molecular weight excluding hydrogens is 172 g/mol. The monoisotopic (exact) mass is 186 g/mol. The molecule has 0 aromatic rings. The van der Waals surface area contributed by atoms with Crippen LogP contribution in [0.3, 0.4) is 0 Å². The fraction of sp³-hybridized carbons (Fsp3) is 1.00. The van der Waals surface area contributed by atoms with Gasteiger partial charge in [-0.05, 0) is 5.41 Å². The summed E-state index contributed by atoms with van der Waals surface area (Å²) in [4.78, 5) is 0. The Labute approximate surface area is 70.0 Å². The van der Waals surface area contributed by atoms with Crippen LogP contribution in [0.25, 0.3) is 0 Å². The highest BCUT2D eigenvalue weighted by Crippen LogP contribution is 2.37. The van der Waals surface area contributed by atoms with Crippen LogP contribution in [0.4, 0.5) is 17.6 Å². The highest BCUT2D eigenvalue weighted by Gasteiger charge is 2.46. The lowest BCUT2D eigenvalue weighted by Gasteiger charge is -2.30. The van der Waals surface area contributed by atoms with E-state index in [1.807, 2.05) is 0 Å². The minimum Gasteiger partial charge on any atom is -0.237 e. The average molecular weight is 186 g/mol. The largest absolute Gasteiger partial charge is 0.419 e. The van der Waals surface area contributed by atoms with Gasteiger partial charge in [0.1, 0.15) is 0 Å². The second-order valence-corrected chi connectivity index (χ2v) is 4.10. The van der Waals surface area contributed by atoms with Crippen molar-refractivity contribution in [1.29, 1.82) is 0 Å². The number of rotatable bonds is 1. The lowest BCUT2D eigenvalue weighted by atomic mass is 9.79. The van der Waals surface area contributed by atoms with Gasteiger partial charge in [-0.2, -0.15) is 13.2 Å². The average Bonchev–Trinajstić information content (AvgIpc) is 1.80. The van der Waals surface area contributed by atoms with Crippen LogP contribution < -0.4 is 0 Å². The maximum atomic E-state index is 12.7. The predicted octanol–water partition coefficient (Wildman–Crippen LogP) is 3.57. The first kappa shape index (κ1) is 11.7. The summed E-state index contributed by atoms with van der Waals surface area (Å²) in [6.45, 7) is 6.06. The normalized spacial score (nSPS) is 19.0. The third kappa shape index (κ3) is 2.99. The molecule has 0 aliphatic carbocycles. The van der Waals surface area contributed by atoms with Gasteiger partial charge in [-0.1, -0.05) is 27.7 Å². The molecule has 74 valence electrons. The summed E-state index contributed by atoms with van der Waals surface area (Å²) in [5.74, 6) is -1.02. The second-order valence-electron chi connectivity index (χ2n) is 4.10. The number of hydrogen-bond acceptors (Lipinski definition) is 0. The number of hydrogen-bond donors (Lipinski definition) is 0. The van der Waals surface area contributed by atoms with E-state index in [4.69, 9.17) is 0 Å². The molecule has 2 atom stereocenters. The first-order valence-electron chi connectivity index (χ1n) is 3.77. The van der Waals surface area contributed by atoms with Gasteiger partial charge >= 0.3 is 6.18 Å².